The van der Waals surface area contributed by atoms with Crippen molar-refractivity contribution < 1.29 is 14.7 Å². The minimum absolute atomic E-state index is 0.0431. The molecule has 1 heterocycles. The van der Waals surface area contributed by atoms with Crippen LogP contribution in [0.5, 0.6) is 0 Å². The Hall–Kier alpha value is -3.35. The highest BCUT2D eigenvalue weighted by Gasteiger charge is 2.17. The van der Waals surface area contributed by atoms with Gasteiger partial charge in [0.15, 0.2) is 0 Å². The van der Waals surface area contributed by atoms with Crippen LogP contribution in [0.1, 0.15) is 40.7 Å². The Balaban J connectivity index is 1.74. The van der Waals surface area contributed by atoms with E-state index in [2.05, 4.69) is 10.6 Å². The molecule has 0 saturated carbocycles. The number of anilines is 2. The Morgan fingerprint density at radius 1 is 1.19 bits per heavy atom. The third kappa shape index (κ3) is 4.63. The molecule has 0 spiro atoms. The quantitative estimate of drug-likeness (QED) is 0.471. The predicted molar refractivity (Wildman–Crippen MR) is 102 cm³/mol. The molecule has 0 fully saturated rings. The molecule has 5 N–H and O–H groups in total. The van der Waals surface area contributed by atoms with Gasteiger partial charge in [0.25, 0.3) is 5.91 Å². The lowest BCUT2D eigenvalue weighted by atomic mass is 10.1. The Bertz CT molecular complexity index is 877. The molecule has 1 amide bonds. The van der Waals surface area contributed by atoms with Crippen LogP contribution in [0.3, 0.4) is 0 Å². The molecule has 0 bridgehead atoms. The fourth-order valence-electron chi connectivity index (χ4n) is 3.20. The van der Waals surface area contributed by atoms with Crippen LogP contribution in [0.25, 0.3) is 0 Å². The number of nitrogen functional groups attached to an aromatic ring is 1. The van der Waals surface area contributed by atoms with Crippen LogP contribution in [-0.4, -0.2) is 23.8 Å². The minimum Gasteiger partial charge on any atom is -0.550 e. The van der Waals surface area contributed by atoms with Crippen LogP contribution in [0, 0.1) is 5.41 Å². The molecular formula is C20H21N4O3-. The maximum atomic E-state index is 12.4. The zero-order valence-corrected chi connectivity index (χ0v) is 14.7. The lowest BCUT2D eigenvalue weighted by Crippen LogP contribution is -2.31. The Labute approximate surface area is 157 Å². The summed E-state index contributed by atoms with van der Waals surface area (Å²) in [6.07, 6.45) is 2.46. The SMILES string of the molecule is N=C(N)c1ccc(C(=O)Nc2ccc3c(c2)NC(CC(=O)[O-])CCC3)cc1. The number of rotatable bonds is 5. The first-order valence-corrected chi connectivity index (χ1v) is 8.77. The van der Waals surface area contributed by atoms with Gasteiger partial charge in [-0.25, -0.2) is 0 Å². The highest BCUT2D eigenvalue weighted by Crippen LogP contribution is 2.28. The number of carbonyl (C=O) groups is 2. The summed E-state index contributed by atoms with van der Waals surface area (Å²) >= 11 is 0. The van der Waals surface area contributed by atoms with Crippen molar-refractivity contribution in [1.29, 1.82) is 5.41 Å². The van der Waals surface area contributed by atoms with E-state index in [0.29, 0.717) is 16.8 Å². The van der Waals surface area contributed by atoms with Gasteiger partial charge in [-0.3, -0.25) is 10.2 Å². The second-order valence-electron chi connectivity index (χ2n) is 6.63. The van der Waals surface area contributed by atoms with Gasteiger partial charge >= 0.3 is 0 Å². The average molecular weight is 365 g/mol. The zero-order chi connectivity index (χ0) is 19.4. The van der Waals surface area contributed by atoms with Gasteiger partial charge in [0, 0.05) is 40.9 Å². The molecular weight excluding hydrogens is 344 g/mol. The van der Waals surface area contributed by atoms with Crippen LogP contribution in [0.4, 0.5) is 11.4 Å². The first-order chi connectivity index (χ1) is 12.9. The van der Waals surface area contributed by atoms with E-state index in [-0.39, 0.29) is 24.2 Å². The van der Waals surface area contributed by atoms with Crippen LogP contribution >= 0.6 is 0 Å². The van der Waals surface area contributed by atoms with Crippen LogP contribution < -0.4 is 21.5 Å². The van der Waals surface area contributed by atoms with E-state index in [1.54, 1.807) is 24.3 Å². The zero-order valence-electron chi connectivity index (χ0n) is 14.7. The van der Waals surface area contributed by atoms with Gasteiger partial charge in [0.2, 0.25) is 0 Å². The fourth-order valence-corrected chi connectivity index (χ4v) is 3.20. The molecule has 1 atom stereocenters. The summed E-state index contributed by atoms with van der Waals surface area (Å²) in [5.74, 6) is -1.40. The number of benzene rings is 2. The molecule has 7 heteroatoms. The van der Waals surface area contributed by atoms with Crippen molar-refractivity contribution in [2.24, 2.45) is 5.73 Å². The van der Waals surface area contributed by atoms with E-state index in [1.165, 1.54) is 0 Å². The van der Waals surface area contributed by atoms with Crippen molar-refractivity contribution >= 4 is 29.1 Å². The van der Waals surface area contributed by atoms with Crippen molar-refractivity contribution in [3.63, 3.8) is 0 Å². The molecule has 0 aromatic heterocycles. The highest BCUT2D eigenvalue weighted by atomic mass is 16.4. The molecule has 1 aliphatic heterocycles. The van der Waals surface area contributed by atoms with Gasteiger partial charge in [-0.15, -0.1) is 0 Å². The molecule has 140 valence electrons. The number of hydrogen-bond acceptors (Lipinski definition) is 5. The van der Waals surface area contributed by atoms with Gasteiger partial charge in [-0.05, 0) is 49.1 Å². The van der Waals surface area contributed by atoms with Crippen LogP contribution in [-0.2, 0) is 11.2 Å². The van der Waals surface area contributed by atoms with Crippen molar-refractivity contribution in [2.75, 3.05) is 10.6 Å². The number of aryl methyl sites for hydroxylation is 1. The Kier molecular flexibility index (Phi) is 5.40. The van der Waals surface area contributed by atoms with Gasteiger partial charge < -0.3 is 26.3 Å². The number of amidine groups is 1. The number of nitrogens with two attached hydrogens (primary N) is 1. The number of hydrogen-bond donors (Lipinski definition) is 4. The van der Waals surface area contributed by atoms with Gasteiger partial charge in [-0.1, -0.05) is 18.2 Å². The number of aliphatic carboxylic acids is 1. The van der Waals surface area contributed by atoms with Gasteiger partial charge in [0.1, 0.15) is 5.84 Å². The molecule has 2 aromatic rings. The second kappa shape index (κ2) is 7.90. The van der Waals surface area contributed by atoms with E-state index in [1.807, 2.05) is 18.2 Å². The van der Waals surface area contributed by atoms with E-state index in [9.17, 15) is 14.7 Å². The number of carboxylic acids is 1. The average Bonchev–Trinajstić information content (AvgIpc) is 2.82. The number of carbonyl (C=O) groups excluding carboxylic acids is 2. The monoisotopic (exact) mass is 365 g/mol. The number of amides is 1. The first-order valence-electron chi connectivity index (χ1n) is 8.77. The largest absolute Gasteiger partial charge is 0.550 e. The lowest BCUT2D eigenvalue weighted by molar-refractivity contribution is -0.305. The fraction of sp³-hybridized carbons (Fsp3) is 0.250. The summed E-state index contributed by atoms with van der Waals surface area (Å²) < 4.78 is 0. The molecule has 0 aliphatic carbocycles. The summed E-state index contributed by atoms with van der Waals surface area (Å²) in [7, 11) is 0. The van der Waals surface area contributed by atoms with Crippen molar-refractivity contribution in [3.05, 3.63) is 59.2 Å². The molecule has 1 aliphatic rings. The topological polar surface area (TPSA) is 131 Å². The lowest BCUT2D eigenvalue weighted by Gasteiger charge is -2.19. The number of carboxylic acid groups (broad SMARTS) is 1. The predicted octanol–water partition coefficient (Wildman–Crippen LogP) is 1.48. The molecule has 2 aromatic carbocycles. The molecule has 0 radical (unpaired) electrons. The molecule has 1 unspecified atom stereocenters. The van der Waals surface area contributed by atoms with Crippen molar-refractivity contribution in [3.8, 4) is 0 Å². The number of nitrogens with one attached hydrogen (secondary N) is 3. The van der Waals surface area contributed by atoms with Gasteiger partial charge in [0.05, 0.1) is 0 Å². The number of fused-ring (bicyclic) bond motifs is 1. The Morgan fingerprint density at radius 2 is 1.89 bits per heavy atom. The summed E-state index contributed by atoms with van der Waals surface area (Å²) in [6.45, 7) is 0. The van der Waals surface area contributed by atoms with E-state index >= 15 is 0 Å². The molecule has 3 rings (SSSR count). The summed E-state index contributed by atoms with van der Waals surface area (Å²) in [5, 5.41) is 24.4. The maximum Gasteiger partial charge on any atom is 0.255 e. The molecule has 7 nitrogen and oxygen atoms in total. The summed E-state index contributed by atoms with van der Waals surface area (Å²) in [5.41, 5.74) is 8.98. The summed E-state index contributed by atoms with van der Waals surface area (Å²) in [6, 6.07) is 11.9. The van der Waals surface area contributed by atoms with Gasteiger partial charge in [-0.2, -0.15) is 0 Å². The van der Waals surface area contributed by atoms with Crippen molar-refractivity contribution in [2.45, 2.75) is 31.7 Å². The smallest absolute Gasteiger partial charge is 0.255 e. The standard InChI is InChI=1S/C20H22N4O3/c21-19(22)13-4-6-14(7-5-13)20(27)24-16-9-8-12-2-1-3-15(11-18(25)26)23-17(12)10-16/h4-10,15,23H,1-3,11H2,(H3,21,22)(H,24,27)(H,25,26)/p-1. The van der Waals surface area contributed by atoms with Crippen LogP contribution in [0.2, 0.25) is 0 Å². The van der Waals surface area contributed by atoms with E-state index in [4.69, 9.17) is 11.1 Å². The first kappa shape index (κ1) is 18.4. The minimum atomic E-state index is -1.07. The third-order valence-corrected chi connectivity index (χ3v) is 4.60. The van der Waals surface area contributed by atoms with Crippen LogP contribution in [0.15, 0.2) is 42.5 Å². The molecule has 27 heavy (non-hydrogen) atoms. The second-order valence-corrected chi connectivity index (χ2v) is 6.63. The van der Waals surface area contributed by atoms with E-state index < -0.39 is 5.97 Å². The highest BCUT2D eigenvalue weighted by molar-refractivity contribution is 6.05. The maximum absolute atomic E-state index is 12.4. The van der Waals surface area contributed by atoms with E-state index in [0.717, 1.165) is 30.5 Å². The normalized spacial score (nSPS) is 15.8. The Morgan fingerprint density at radius 3 is 2.56 bits per heavy atom. The summed E-state index contributed by atoms with van der Waals surface area (Å²) in [4.78, 5) is 23.3. The molecule has 0 saturated heterocycles. The van der Waals surface area contributed by atoms with Crippen molar-refractivity contribution in [1.82, 2.24) is 0 Å². The third-order valence-electron chi connectivity index (χ3n) is 4.60.